The first-order chi connectivity index (χ1) is 19.8. The second kappa shape index (κ2) is 17.3. The van der Waals surface area contributed by atoms with Crippen molar-refractivity contribution in [2.45, 2.75) is 129 Å². The fraction of sp³-hybridized carbons (Fsp3) is 0.583. The number of para-hydroxylation sites is 1. The molecule has 1 unspecified atom stereocenters. The van der Waals surface area contributed by atoms with E-state index in [4.69, 9.17) is 9.47 Å². The van der Waals surface area contributed by atoms with E-state index in [1.165, 1.54) is 83.5 Å². The van der Waals surface area contributed by atoms with Gasteiger partial charge in [0.15, 0.2) is 12.0 Å². The smallest absolute Gasteiger partial charge is 0.231 e. The summed E-state index contributed by atoms with van der Waals surface area (Å²) in [4.78, 5) is 13.8. The van der Waals surface area contributed by atoms with Crippen molar-refractivity contribution in [2.75, 3.05) is 6.61 Å². The Bertz CT molecular complexity index is 1180. The fourth-order valence-corrected chi connectivity index (χ4v) is 6.00. The summed E-state index contributed by atoms with van der Waals surface area (Å²) >= 11 is 0. The van der Waals surface area contributed by atoms with Crippen molar-refractivity contribution >= 4 is 10.9 Å². The summed E-state index contributed by atoms with van der Waals surface area (Å²) in [5, 5.41) is 0.721. The number of aromatic nitrogens is 1. The van der Waals surface area contributed by atoms with Crippen LogP contribution in [0.25, 0.3) is 22.2 Å². The third-order valence-corrected chi connectivity index (χ3v) is 8.30. The molecule has 1 aliphatic rings. The number of benzene rings is 2. The highest BCUT2D eigenvalue weighted by molar-refractivity contribution is 5.86. The Hall–Kier alpha value is -2.59. The molecule has 2 aromatic carbocycles. The molecule has 4 rings (SSSR count). The Labute approximate surface area is 242 Å². The zero-order valence-corrected chi connectivity index (χ0v) is 24.9. The minimum Gasteiger partial charge on any atom is -0.459 e. The molecule has 40 heavy (non-hydrogen) atoms. The van der Waals surface area contributed by atoms with Gasteiger partial charge in [-0.3, -0.25) is 4.79 Å². The minimum absolute atomic E-state index is 0.0409. The molecule has 4 nitrogen and oxygen atoms in total. The van der Waals surface area contributed by atoms with Crippen molar-refractivity contribution in [1.29, 1.82) is 0 Å². The Morgan fingerprint density at radius 2 is 1.35 bits per heavy atom. The van der Waals surface area contributed by atoms with E-state index >= 15 is 0 Å². The zero-order chi connectivity index (χ0) is 27.8. The van der Waals surface area contributed by atoms with Crippen LogP contribution in [-0.4, -0.2) is 17.5 Å². The summed E-state index contributed by atoms with van der Waals surface area (Å²) in [6, 6.07) is 18.2. The summed E-state index contributed by atoms with van der Waals surface area (Å²) in [5.74, 6) is 0.433. The van der Waals surface area contributed by atoms with Gasteiger partial charge in [-0.25, -0.2) is 0 Å². The van der Waals surface area contributed by atoms with Gasteiger partial charge in [-0.05, 0) is 31.4 Å². The van der Waals surface area contributed by atoms with Gasteiger partial charge in [0.2, 0.25) is 5.43 Å². The molecule has 218 valence electrons. The number of hydrogen-bond donors (Lipinski definition) is 0. The van der Waals surface area contributed by atoms with Gasteiger partial charge in [-0.1, -0.05) is 133 Å². The number of pyridine rings is 1. The zero-order valence-electron chi connectivity index (χ0n) is 24.9. The van der Waals surface area contributed by atoms with Crippen molar-refractivity contribution in [1.82, 2.24) is 4.57 Å². The van der Waals surface area contributed by atoms with E-state index in [-0.39, 0.29) is 11.7 Å². The van der Waals surface area contributed by atoms with Gasteiger partial charge in [0.25, 0.3) is 0 Å². The van der Waals surface area contributed by atoms with Crippen molar-refractivity contribution in [3.8, 4) is 17.0 Å². The molecule has 0 amide bonds. The van der Waals surface area contributed by atoms with Crippen molar-refractivity contribution in [2.24, 2.45) is 0 Å². The Morgan fingerprint density at radius 1 is 0.750 bits per heavy atom. The Kier molecular flexibility index (Phi) is 13.1. The quantitative estimate of drug-likeness (QED) is 0.149. The molecule has 0 spiro atoms. The molecule has 0 N–H and O–H groups in total. The maximum atomic E-state index is 13.8. The van der Waals surface area contributed by atoms with E-state index in [9.17, 15) is 4.79 Å². The molecule has 0 radical (unpaired) electrons. The molecule has 4 heteroatoms. The molecular formula is C36H51NO3. The number of rotatable bonds is 18. The lowest BCUT2D eigenvalue weighted by molar-refractivity contribution is -0.106. The topological polar surface area (TPSA) is 40.5 Å². The van der Waals surface area contributed by atoms with Crippen molar-refractivity contribution in [3.63, 3.8) is 0 Å². The van der Waals surface area contributed by atoms with Crippen LogP contribution in [0.5, 0.6) is 5.75 Å². The van der Waals surface area contributed by atoms with Crippen molar-refractivity contribution in [3.05, 3.63) is 64.8 Å². The number of fused-ring (bicyclic) bond motifs is 1. The molecule has 2 heterocycles. The number of unbranched alkanes of at least 4 members (excludes halogenated alkanes) is 13. The van der Waals surface area contributed by atoms with Crippen LogP contribution in [-0.2, 0) is 11.3 Å². The molecule has 0 aliphatic carbocycles. The second-order valence-electron chi connectivity index (χ2n) is 11.6. The van der Waals surface area contributed by atoms with E-state index in [0.717, 1.165) is 54.4 Å². The van der Waals surface area contributed by atoms with Gasteiger partial charge in [0.1, 0.15) is 0 Å². The second-order valence-corrected chi connectivity index (χ2v) is 11.6. The van der Waals surface area contributed by atoms with E-state index in [1.54, 1.807) is 0 Å². The lowest BCUT2D eigenvalue weighted by Gasteiger charge is -2.26. The average molecular weight is 546 g/mol. The highest BCUT2D eigenvalue weighted by atomic mass is 16.7. The summed E-state index contributed by atoms with van der Waals surface area (Å²) < 4.78 is 14.6. The first kappa shape index (κ1) is 30.4. The minimum atomic E-state index is -0.361. The highest BCUT2D eigenvalue weighted by Gasteiger charge is 2.24. The van der Waals surface area contributed by atoms with Crippen LogP contribution in [0.2, 0.25) is 0 Å². The fourth-order valence-electron chi connectivity index (χ4n) is 6.00. The first-order valence-electron chi connectivity index (χ1n) is 16.3. The standard InChI is InChI=1S/C36H51NO3/c1-2-3-4-5-6-7-8-9-10-11-12-13-14-21-28-37-32-26-19-18-25-31(32)35(38)36(40-33-27-20-22-29-39-33)34(37)30-23-16-15-17-24-30/h15-19,23-26,33H,2-14,20-22,27-29H2,1H3. The van der Waals surface area contributed by atoms with Gasteiger partial charge in [0.05, 0.1) is 17.8 Å². The third-order valence-electron chi connectivity index (χ3n) is 8.30. The van der Waals surface area contributed by atoms with Crippen LogP contribution < -0.4 is 10.2 Å². The van der Waals surface area contributed by atoms with Crippen LogP contribution >= 0.6 is 0 Å². The van der Waals surface area contributed by atoms with Crippen LogP contribution in [0.3, 0.4) is 0 Å². The summed E-state index contributed by atoms with van der Waals surface area (Å²) in [5.41, 5.74) is 2.84. The lowest BCUT2D eigenvalue weighted by atomic mass is 10.0. The van der Waals surface area contributed by atoms with Crippen molar-refractivity contribution < 1.29 is 9.47 Å². The van der Waals surface area contributed by atoms with Crippen LogP contribution in [0.4, 0.5) is 0 Å². The maximum Gasteiger partial charge on any atom is 0.231 e. The summed E-state index contributed by atoms with van der Waals surface area (Å²) in [6.07, 6.45) is 21.4. The predicted molar refractivity (Wildman–Crippen MR) is 168 cm³/mol. The van der Waals surface area contributed by atoms with Crippen LogP contribution in [0.15, 0.2) is 59.4 Å². The molecule has 1 atom stereocenters. The van der Waals surface area contributed by atoms with E-state index < -0.39 is 0 Å². The van der Waals surface area contributed by atoms with Crippen LogP contribution in [0, 0.1) is 0 Å². The number of nitrogens with zero attached hydrogens (tertiary/aromatic N) is 1. The molecule has 1 aromatic heterocycles. The van der Waals surface area contributed by atoms with E-state index in [0.29, 0.717) is 12.4 Å². The van der Waals surface area contributed by atoms with E-state index in [2.05, 4.69) is 29.7 Å². The normalized spacial score (nSPS) is 15.5. The third kappa shape index (κ3) is 8.96. The average Bonchev–Trinajstić information content (AvgIpc) is 3.00. The monoisotopic (exact) mass is 545 g/mol. The van der Waals surface area contributed by atoms with Gasteiger partial charge < -0.3 is 14.0 Å². The Morgan fingerprint density at radius 3 is 1.98 bits per heavy atom. The number of ether oxygens (including phenoxy) is 2. The van der Waals surface area contributed by atoms with Gasteiger partial charge in [0, 0.05) is 23.9 Å². The van der Waals surface area contributed by atoms with Gasteiger partial charge >= 0.3 is 0 Å². The molecule has 3 aromatic rings. The summed E-state index contributed by atoms with van der Waals surface area (Å²) in [6.45, 7) is 3.84. The SMILES string of the molecule is CCCCCCCCCCCCCCCCn1c(-c2ccccc2)c(OC2CCCCO2)c(=O)c2ccccc21. The van der Waals surface area contributed by atoms with Gasteiger partial charge in [-0.2, -0.15) is 0 Å². The molecule has 1 saturated heterocycles. The molecule has 0 saturated carbocycles. The largest absolute Gasteiger partial charge is 0.459 e. The van der Waals surface area contributed by atoms with Gasteiger partial charge in [-0.15, -0.1) is 0 Å². The highest BCUT2D eigenvalue weighted by Crippen LogP contribution is 2.33. The Balaban J connectivity index is 1.37. The number of aryl methyl sites for hydroxylation is 1. The molecule has 1 aliphatic heterocycles. The maximum absolute atomic E-state index is 13.8. The van der Waals surface area contributed by atoms with Crippen LogP contribution in [0.1, 0.15) is 116 Å². The molecular weight excluding hydrogens is 494 g/mol. The molecule has 1 fully saturated rings. The first-order valence-corrected chi connectivity index (χ1v) is 16.3. The molecule has 0 bridgehead atoms. The predicted octanol–water partition coefficient (Wildman–Crippen LogP) is 10.1. The van der Waals surface area contributed by atoms with E-state index in [1.807, 2.05) is 36.4 Å². The number of hydrogen-bond acceptors (Lipinski definition) is 3. The summed E-state index contributed by atoms with van der Waals surface area (Å²) in [7, 11) is 0. The lowest BCUT2D eigenvalue weighted by Crippen LogP contribution is -2.28.